The van der Waals surface area contributed by atoms with Crippen molar-refractivity contribution in [2.75, 3.05) is 5.88 Å². The molecule has 0 heterocycles. The van der Waals surface area contributed by atoms with E-state index in [4.69, 9.17) is 11.6 Å². The van der Waals surface area contributed by atoms with E-state index in [9.17, 15) is 26.3 Å². The Morgan fingerprint density at radius 3 is 2.06 bits per heavy atom. The fraction of sp³-hybridized carbons (Fsp3) is 1.00. The van der Waals surface area contributed by atoms with Crippen LogP contribution in [0.1, 0.15) is 19.8 Å². The topological polar surface area (TPSA) is 0 Å². The molecule has 1 aliphatic rings. The summed E-state index contributed by atoms with van der Waals surface area (Å²) in [7, 11) is 0. The van der Waals surface area contributed by atoms with Crippen molar-refractivity contribution in [3.05, 3.63) is 0 Å². The number of halogens is 7. The van der Waals surface area contributed by atoms with Crippen LogP contribution in [0.5, 0.6) is 0 Å². The van der Waals surface area contributed by atoms with Gasteiger partial charge in [0.1, 0.15) is 0 Å². The number of alkyl halides is 7. The molecule has 0 N–H and O–H groups in total. The molecule has 16 heavy (non-hydrogen) atoms. The molecule has 1 fully saturated rings. The van der Waals surface area contributed by atoms with Crippen LogP contribution in [-0.2, 0) is 0 Å². The summed E-state index contributed by atoms with van der Waals surface area (Å²) in [5.41, 5.74) is -2.61. The maximum atomic E-state index is 12.7. The molecule has 0 amide bonds. The fourth-order valence-electron chi connectivity index (χ4n) is 2.26. The third-order valence-corrected chi connectivity index (χ3v) is 3.62. The van der Waals surface area contributed by atoms with Crippen LogP contribution in [0, 0.1) is 17.3 Å². The van der Waals surface area contributed by atoms with E-state index >= 15 is 0 Å². The van der Waals surface area contributed by atoms with E-state index < -0.39 is 36.0 Å². The minimum absolute atomic E-state index is 0.0263. The van der Waals surface area contributed by atoms with Gasteiger partial charge in [0.15, 0.2) is 0 Å². The second-order valence-corrected chi connectivity index (χ2v) is 4.56. The summed E-state index contributed by atoms with van der Waals surface area (Å²) in [5.74, 6) is -3.41. The van der Waals surface area contributed by atoms with Crippen molar-refractivity contribution >= 4 is 11.6 Å². The van der Waals surface area contributed by atoms with E-state index in [1.165, 1.54) is 0 Å². The lowest BCUT2D eigenvalue weighted by atomic mass is 9.86. The Balaban J connectivity index is 2.93. The Hall–Kier alpha value is -0.130. The van der Waals surface area contributed by atoms with Gasteiger partial charge in [-0.05, 0) is 18.8 Å². The van der Waals surface area contributed by atoms with Crippen LogP contribution in [0.25, 0.3) is 0 Å². The first-order chi connectivity index (χ1) is 7.07. The van der Waals surface area contributed by atoms with Gasteiger partial charge in [-0.2, -0.15) is 26.3 Å². The summed E-state index contributed by atoms with van der Waals surface area (Å²) < 4.78 is 75.3. The first-order valence-electron chi connectivity index (χ1n) is 4.76. The predicted octanol–water partition coefficient (Wildman–Crippen LogP) is 4.38. The van der Waals surface area contributed by atoms with Crippen LogP contribution in [-0.4, -0.2) is 18.2 Å². The van der Waals surface area contributed by atoms with Gasteiger partial charge in [0.2, 0.25) is 0 Å². The molecule has 1 aliphatic carbocycles. The van der Waals surface area contributed by atoms with Gasteiger partial charge in [-0.1, -0.05) is 6.92 Å². The average molecular weight is 269 g/mol. The third-order valence-electron chi connectivity index (χ3n) is 3.40. The largest absolute Gasteiger partial charge is 0.395 e. The van der Waals surface area contributed by atoms with Crippen LogP contribution in [0.4, 0.5) is 26.3 Å². The smallest absolute Gasteiger partial charge is 0.171 e. The third kappa shape index (κ3) is 2.13. The van der Waals surface area contributed by atoms with E-state index in [1.54, 1.807) is 0 Å². The Morgan fingerprint density at radius 2 is 1.75 bits per heavy atom. The highest BCUT2D eigenvalue weighted by atomic mass is 35.5. The number of rotatable bonds is 3. The molecule has 0 saturated heterocycles. The minimum atomic E-state index is -4.82. The van der Waals surface area contributed by atoms with Crippen LogP contribution in [0.2, 0.25) is 0 Å². The van der Waals surface area contributed by atoms with Gasteiger partial charge in [0.05, 0.1) is 11.3 Å². The Kier molecular flexibility index (Phi) is 3.45. The van der Waals surface area contributed by atoms with Gasteiger partial charge in [-0.25, -0.2) is 0 Å². The zero-order valence-electron chi connectivity index (χ0n) is 8.42. The summed E-state index contributed by atoms with van der Waals surface area (Å²) in [6.45, 7) is 0.599. The molecule has 0 aromatic carbocycles. The van der Waals surface area contributed by atoms with E-state index in [2.05, 4.69) is 0 Å². The molecule has 3 atom stereocenters. The second-order valence-electron chi connectivity index (χ2n) is 4.18. The van der Waals surface area contributed by atoms with Crippen molar-refractivity contribution in [1.29, 1.82) is 0 Å². The van der Waals surface area contributed by atoms with E-state index in [0.29, 0.717) is 6.92 Å². The van der Waals surface area contributed by atoms with Crippen molar-refractivity contribution in [3.8, 4) is 0 Å². The zero-order chi connectivity index (χ0) is 12.8. The Labute approximate surface area is 93.9 Å². The normalized spacial score (nSPS) is 32.6. The molecule has 1 rings (SSSR count). The highest BCUT2D eigenvalue weighted by molar-refractivity contribution is 6.17. The molecule has 0 spiro atoms. The van der Waals surface area contributed by atoms with Crippen LogP contribution < -0.4 is 0 Å². The summed E-state index contributed by atoms with van der Waals surface area (Å²) in [5, 5.41) is 0. The Morgan fingerprint density at radius 1 is 1.25 bits per heavy atom. The monoisotopic (exact) mass is 268 g/mol. The van der Waals surface area contributed by atoms with Crippen LogP contribution in [0.15, 0.2) is 0 Å². The number of hydrogen-bond donors (Lipinski definition) is 0. The molecule has 7 heteroatoms. The second kappa shape index (κ2) is 3.96. The lowest BCUT2D eigenvalue weighted by molar-refractivity contribution is -0.265. The molecule has 0 aromatic rings. The highest BCUT2D eigenvalue weighted by Gasteiger charge is 2.76. The summed E-state index contributed by atoms with van der Waals surface area (Å²) >= 11 is 5.28. The van der Waals surface area contributed by atoms with E-state index in [1.807, 2.05) is 0 Å². The molecule has 1 saturated carbocycles. The summed E-state index contributed by atoms with van der Waals surface area (Å²) in [4.78, 5) is 0. The fourth-order valence-corrected chi connectivity index (χ4v) is 2.52. The molecule has 0 aliphatic heterocycles. The van der Waals surface area contributed by atoms with Crippen molar-refractivity contribution in [1.82, 2.24) is 0 Å². The van der Waals surface area contributed by atoms with Gasteiger partial charge in [0.25, 0.3) is 0 Å². The standard InChI is InChI=1S/C9H11ClF6/c1-5(8(11,12)13)7(9(14,15)16)4-6(7)2-3-10/h5-6H,2-4H2,1H3/t5-,6?,7?/m0/s1. The van der Waals surface area contributed by atoms with Crippen molar-refractivity contribution in [3.63, 3.8) is 0 Å². The maximum absolute atomic E-state index is 12.7. The first kappa shape index (κ1) is 13.9. The lowest BCUT2D eigenvalue weighted by Crippen LogP contribution is -2.40. The SMILES string of the molecule is C[C@H](C(F)(F)F)C1(C(F)(F)F)CC1CCCl. The molecule has 0 bridgehead atoms. The van der Waals surface area contributed by atoms with Gasteiger partial charge in [-0.15, -0.1) is 11.6 Å². The molecule has 0 radical (unpaired) electrons. The molecule has 2 unspecified atom stereocenters. The molecular weight excluding hydrogens is 258 g/mol. The molecule has 96 valence electrons. The molecule has 0 aromatic heterocycles. The van der Waals surface area contributed by atoms with Gasteiger partial charge >= 0.3 is 12.4 Å². The summed E-state index contributed by atoms with van der Waals surface area (Å²) in [6.07, 6.45) is -10.1. The highest BCUT2D eigenvalue weighted by Crippen LogP contribution is 2.70. The van der Waals surface area contributed by atoms with Crippen LogP contribution in [0.3, 0.4) is 0 Å². The van der Waals surface area contributed by atoms with E-state index in [0.717, 1.165) is 0 Å². The average Bonchev–Trinajstić information content (AvgIpc) is 2.77. The van der Waals surface area contributed by atoms with E-state index in [-0.39, 0.29) is 12.3 Å². The van der Waals surface area contributed by atoms with Crippen molar-refractivity contribution in [2.45, 2.75) is 32.1 Å². The van der Waals surface area contributed by atoms with Gasteiger partial charge in [-0.3, -0.25) is 0 Å². The Bertz CT molecular complexity index is 258. The predicted molar refractivity (Wildman–Crippen MR) is 47.2 cm³/mol. The first-order valence-corrected chi connectivity index (χ1v) is 5.30. The van der Waals surface area contributed by atoms with Crippen molar-refractivity contribution < 1.29 is 26.3 Å². The van der Waals surface area contributed by atoms with Gasteiger partial charge in [0, 0.05) is 5.88 Å². The lowest BCUT2D eigenvalue weighted by Gasteiger charge is -2.29. The van der Waals surface area contributed by atoms with Crippen molar-refractivity contribution in [2.24, 2.45) is 17.3 Å². The maximum Gasteiger partial charge on any atom is 0.395 e. The number of hydrogen-bond acceptors (Lipinski definition) is 0. The minimum Gasteiger partial charge on any atom is -0.171 e. The zero-order valence-corrected chi connectivity index (χ0v) is 9.18. The quantitative estimate of drug-likeness (QED) is 0.526. The summed E-state index contributed by atoms with van der Waals surface area (Å²) in [6, 6.07) is 0. The molecular formula is C9H11ClF6. The van der Waals surface area contributed by atoms with Crippen LogP contribution >= 0.6 is 11.6 Å². The van der Waals surface area contributed by atoms with Gasteiger partial charge < -0.3 is 0 Å². The molecule has 0 nitrogen and oxygen atoms in total.